The number of hydrogen-bond donors (Lipinski definition) is 2. The molecule has 0 aromatic rings. The van der Waals surface area contributed by atoms with Crippen LogP contribution in [0.15, 0.2) is 0 Å². The molecule has 1 unspecified atom stereocenters. The molecule has 2 amide bonds. The molecule has 0 bridgehead atoms. The summed E-state index contributed by atoms with van der Waals surface area (Å²) in [6.07, 6.45) is 4.19. The molecule has 0 heterocycles. The summed E-state index contributed by atoms with van der Waals surface area (Å²) in [5.41, 5.74) is 0. The van der Waals surface area contributed by atoms with E-state index >= 15 is 0 Å². The number of nitrogens with zero attached hydrogens (tertiary/aromatic N) is 1. The third-order valence-corrected chi connectivity index (χ3v) is 3.70. The van der Waals surface area contributed by atoms with E-state index in [1.165, 1.54) is 4.90 Å². The van der Waals surface area contributed by atoms with Gasteiger partial charge in [0, 0.05) is 18.3 Å². The quantitative estimate of drug-likeness (QED) is 0.722. The van der Waals surface area contributed by atoms with E-state index in [0.717, 1.165) is 12.8 Å². The molecule has 1 rings (SSSR count). The zero-order chi connectivity index (χ0) is 12.8. The fraction of sp³-hybridized carbons (Fsp3) is 0.818. The Labute approximate surface area is 106 Å². The molecule has 0 aromatic carbocycles. The van der Waals surface area contributed by atoms with Crippen molar-refractivity contribution in [2.45, 2.75) is 25.0 Å². The lowest BCUT2D eigenvalue weighted by atomic mass is 10.3. The topological polar surface area (TPSA) is 69.6 Å². The van der Waals surface area contributed by atoms with Crippen molar-refractivity contribution >= 4 is 23.8 Å². The molecule has 98 valence electrons. The summed E-state index contributed by atoms with van der Waals surface area (Å²) in [6.45, 7) is 2.94. The van der Waals surface area contributed by atoms with Crippen LogP contribution in [0.2, 0.25) is 0 Å². The molecule has 6 heteroatoms. The normalized spacial score (nSPS) is 16.4. The number of amides is 2. The van der Waals surface area contributed by atoms with Gasteiger partial charge in [0.2, 0.25) is 0 Å². The number of carboxylic acid groups (broad SMARTS) is 1. The number of rotatable bonds is 7. The second-order valence-electron chi connectivity index (χ2n) is 4.45. The monoisotopic (exact) mass is 260 g/mol. The van der Waals surface area contributed by atoms with Gasteiger partial charge in [-0.3, -0.25) is 4.79 Å². The number of carbonyl (C=O) groups is 2. The van der Waals surface area contributed by atoms with Gasteiger partial charge in [-0.05, 0) is 25.0 Å². The Morgan fingerprint density at radius 1 is 1.53 bits per heavy atom. The van der Waals surface area contributed by atoms with Crippen LogP contribution in [0.4, 0.5) is 4.79 Å². The Morgan fingerprint density at radius 2 is 2.18 bits per heavy atom. The minimum absolute atomic E-state index is 0.212. The lowest BCUT2D eigenvalue weighted by Gasteiger charge is -2.22. The second kappa shape index (κ2) is 6.74. The molecular weight excluding hydrogens is 240 g/mol. The molecule has 0 radical (unpaired) electrons. The van der Waals surface area contributed by atoms with Crippen LogP contribution in [0.3, 0.4) is 0 Å². The van der Waals surface area contributed by atoms with Gasteiger partial charge in [0.1, 0.15) is 6.54 Å². The third-order valence-electron chi connectivity index (χ3n) is 2.73. The first kappa shape index (κ1) is 14.2. The number of carbonyl (C=O) groups excluding carboxylic acids is 1. The van der Waals surface area contributed by atoms with Crippen LogP contribution in [0.1, 0.15) is 19.8 Å². The SMILES string of the molecule is CSC(C)CNC(=O)N(CC(=O)O)CC1CC1. The molecule has 17 heavy (non-hydrogen) atoms. The van der Waals surface area contributed by atoms with Gasteiger partial charge in [0.25, 0.3) is 0 Å². The largest absolute Gasteiger partial charge is 0.480 e. The number of carboxylic acids is 1. The van der Waals surface area contributed by atoms with Crippen molar-refractivity contribution in [3.63, 3.8) is 0 Å². The zero-order valence-corrected chi connectivity index (χ0v) is 11.1. The first-order chi connectivity index (χ1) is 8.02. The fourth-order valence-corrected chi connectivity index (χ4v) is 1.67. The molecule has 1 fully saturated rings. The standard InChI is InChI=1S/C11H20N2O3S/c1-8(17-2)5-12-11(16)13(7-10(14)15)6-9-3-4-9/h8-9H,3-7H2,1-2H3,(H,12,16)(H,14,15). The van der Waals surface area contributed by atoms with E-state index in [2.05, 4.69) is 5.32 Å². The summed E-state index contributed by atoms with van der Waals surface area (Å²) in [5, 5.41) is 11.9. The lowest BCUT2D eigenvalue weighted by Crippen LogP contribution is -2.45. The predicted octanol–water partition coefficient (Wildman–Crippen LogP) is 1.24. The van der Waals surface area contributed by atoms with E-state index in [1.807, 2.05) is 13.2 Å². The van der Waals surface area contributed by atoms with E-state index in [9.17, 15) is 9.59 Å². The van der Waals surface area contributed by atoms with Gasteiger partial charge in [0.15, 0.2) is 0 Å². The first-order valence-corrected chi connectivity index (χ1v) is 7.09. The Morgan fingerprint density at radius 3 is 2.65 bits per heavy atom. The average molecular weight is 260 g/mol. The van der Waals surface area contributed by atoms with E-state index in [1.54, 1.807) is 11.8 Å². The number of thioether (sulfide) groups is 1. The maximum absolute atomic E-state index is 11.8. The van der Waals surface area contributed by atoms with Crippen LogP contribution in [0, 0.1) is 5.92 Å². The van der Waals surface area contributed by atoms with Gasteiger partial charge < -0.3 is 15.3 Å². The molecular formula is C11H20N2O3S. The van der Waals surface area contributed by atoms with Crippen LogP contribution in [0.25, 0.3) is 0 Å². The number of aliphatic carboxylic acids is 1. The molecule has 1 saturated carbocycles. The van der Waals surface area contributed by atoms with E-state index in [-0.39, 0.29) is 12.6 Å². The summed E-state index contributed by atoms with van der Waals surface area (Å²) in [6, 6.07) is -0.264. The van der Waals surface area contributed by atoms with Gasteiger partial charge in [0.05, 0.1) is 0 Å². The lowest BCUT2D eigenvalue weighted by molar-refractivity contribution is -0.137. The van der Waals surface area contributed by atoms with E-state index in [0.29, 0.717) is 24.3 Å². The van der Waals surface area contributed by atoms with Crippen molar-refractivity contribution in [3.8, 4) is 0 Å². The Bertz CT molecular complexity index is 282. The van der Waals surface area contributed by atoms with E-state index < -0.39 is 5.97 Å². The van der Waals surface area contributed by atoms with Crippen molar-refractivity contribution in [1.29, 1.82) is 0 Å². The van der Waals surface area contributed by atoms with Gasteiger partial charge >= 0.3 is 12.0 Å². The summed E-state index contributed by atoms with van der Waals surface area (Å²) >= 11 is 1.67. The van der Waals surface area contributed by atoms with Gasteiger partial charge in [-0.25, -0.2) is 4.79 Å². The number of hydrogen-bond acceptors (Lipinski definition) is 3. The fourth-order valence-electron chi connectivity index (χ4n) is 1.42. The highest BCUT2D eigenvalue weighted by Gasteiger charge is 2.27. The molecule has 0 saturated heterocycles. The molecule has 2 N–H and O–H groups in total. The molecule has 5 nitrogen and oxygen atoms in total. The van der Waals surface area contributed by atoms with Crippen LogP contribution in [-0.4, -0.2) is 53.1 Å². The maximum atomic E-state index is 11.8. The summed E-state index contributed by atoms with van der Waals surface area (Å²) in [5.74, 6) is -0.461. The smallest absolute Gasteiger partial charge is 0.323 e. The van der Waals surface area contributed by atoms with Crippen molar-refractivity contribution in [3.05, 3.63) is 0 Å². The molecule has 0 spiro atoms. The maximum Gasteiger partial charge on any atom is 0.323 e. The molecule has 0 aliphatic heterocycles. The Hall–Kier alpha value is -0.910. The zero-order valence-electron chi connectivity index (χ0n) is 10.3. The minimum atomic E-state index is -0.960. The highest BCUT2D eigenvalue weighted by molar-refractivity contribution is 7.99. The van der Waals surface area contributed by atoms with Crippen molar-refractivity contribution in [1.82, 2.24) is 10.2 Å². The molecule has 0 aromatic heterocycles. The van der Waals surface area contributed by atoms with Gasteiger partial charge in [-0.15, -0.1) is 0 Å². The summed E-state index contributed by atoms with van der Waals surface area (Å²) in [4.78, 5) is 23.9. The third kappa shape index (κ3) is 5.81. The Balaban J connectivity index is 2.37. The van der Waals surface area contributed by atoms with Crippen molar-refractivity contribution in [2.75, 3.05) is 25.9 Å². The van der Waals surface area contributed by atoms with Crippen molar-refractivity contribution < 1.29 is 14.7 Å². The summed E-state index contributed by atoms with van der Waals surface area (Å²) in [7, 11) is 0. The van der Waals surface area contributed by atoms with Crippen LogP contribution in [-0.2, 0) is 4.79 Å². The van der Waals surface area contributed by atoms with E-state index in [4.69, 9.17) is 5.11 Å². The van der Waals surface area contributed by atoms with Gasteiger partial charge in [-0.1, -0.05) is 6.92 Å². The minimum Gasteiger partial charge on any atom is -0.480 e. The summed E-state index contributed by atoms with van der Waals surface area (Å²) < 4.78 is 0. The van der Waals surface area contributed by atoms with Crippen LogP contribution in [0.5, 0.6) is 0 Å². The molecule has 1 aliphatic carbocycles. The molecule has 1 atom stereocenters. The first-order valence-electron chi connectivity index (χ1n) is 5.80. The van der Waals surface area contributed by atoms with Gasteiger partial charge in [-0.2, -0.15) is 11.8 Å². The Kier molecular flexibility index (Phi) is 5.61. The van der Waals surface area contributed by atoms with Crippen LogP contribution >= 0.6 is 11.8 Å². The number of nitrogens with one attached hydrogen (secondary N) is 1. The molecule has 1 aliphatic rings. The average Bonchev–Trinajstić information content (AvgIpc) is 3.07. The predicted molar refractivity (Wildman–Crippen MR) is 68.3 cm³/mol. The number of urea groups is 1. The highest BCUT2D eigenvalue weighted by Crippen LogP contribution is 2.29. The highest BCUT2D eigenvalue weighted by atomic mass is 32.2. The second-order valence-corrected chi connectivity index (χ2v) is 5.73. The van der Waals surface area contributed by atoms with Crippen molar-refractivity contribution in [2.24, 2.45) is 5.92 Å². The van der Waals surface area contributed by atoms with Crippen LogP contribution < -0.4 is 5.32 Å².